The van der Waals surface area contributed by atoms with Gasteiger partial charge in [0.2, 0.25) is 5.91 Å². The highest BCUT2D eigenvalue weighted by atomic mass is 35.5. The zero-order chi connectivity index (χ0) is 22.0. The van der Waals surface area contributed by atoms with Crippen LogP contribution >= 0.6 is 23.4 Å². The molecule has 0 bridgehead atoms. The zero-order valence-corrected chi connectivity index (χ0v) is 17.5. The van der Waals surface area contributed by atoms with Crippen molar-refractivity contribution in [3.63, 3.8) is 0 Å². The number of fused-ring (bicyclic) bond motifs is 1. The van der Waals surface area contributed by atoms with Crippen molar-refractivity contribution in [3.05, 3.63) is 74.3 Å². The number of carbonyl (C=O) groups excluding carboxylic acids is 2. The van der Waals surface area contributed by atoms with Gasteiger partial charge in [0.1, 0.15) is 18.1 Å². The Kier molecular flexibility index (Phi) is 5.96. The smallest absolute Gasteiger partial charge is 0.270 e. The number of thioether (sulfide) groups is 1. The van der Waals surface area contributed by atoms with Gasteiger partial charge in [-0.2, -0.15) is 16.9 Å². The first-order valence-corrected chi connectivity index (χ1v) is 10.7. The number of nitro benzene ring substituents is 1. The molecule has 0 saturated carbocycles. The quantitative estimate of drug-likeness (QED) is 0.407. The lowest BCUT2D eigenvalue weighted by Crippen LogP contribution is -2.28. The fourth-order valence-corrected chi connectivity index (χ4v) is 4.33. The summed E-state index contributed by atoms with van der Waals surface area (Å²) in [5.74, 6) is 1.35. The second-order valence-corrected chi connectivity index (χ2v) is 8.05. The van der Waals surface area contributed by atoms with Crippen LogP contribution in [0.4, 0.5) is 11.5 Å². The van der Waals surface area contributed by atoms with Crippen LogP contribution in [0.5, 0.6) is 0 Å². The van der Waals surface area contributed by atoms with E-state index in [2.05, 4.69) is 15.7 Å². The monoisotopic (exact) mass is 461 g/mol. The molecule has 0 aliphatic carbocycles. The van der Waals surface area contributed by atoms with Crippen LogP contribution in [0, 0.1) is 10.1 Å². The van der Waals surface area contributed by atoms with Crippen LogP contribution in [0.15, 0.2) is 41.0 Å². The van der Waals surface area contributed by atoms with Gasteiger partial charge in [-0.3, -0.25) is 19.7 Å². The number of nitro groups is 1. The highest BCUT2D eigenvalue weighted by Gasteiger charge is 2.26. The third-order valence-corrected chi connectivity index (χ3v) is 5.89. The molecule has 0 saturated heterocycles. The molecule has 0 spiro atoms. The first-order chi connectivity index (χ1) is 14.9. The van der Waals surface area contributed by atoms with Gasteiger partial charge < -0.3 is 15.1 Å². The number of nitrogens with one attached hydrogen (secondary N) is 2. The molecule has 1 aliphatic rings. The molecule has 0 atom stereocenters. The Bertz CT molecular complexity index is 1160. The van der Waals surface area contributed by atoms with Crippen LogP contribution in [0.2, 0.25) is 5.02 Å². The van der Waals surface area contributed by atoms with Crippen molar-refractivity contribution in [2.75, 3.05) is 5.32 Å². The Morgan fingerprint density at radius 1 is 1.32 bits per heavy atom. The summed E-state index contributed by atoms with van der Waals surface area (Å²) in [7, 11) is 0. The molecule has 31 heavy (non-hydrogen) atoms. The van der Waals surface area contributed by atoms with Crippen LogP contribution < -0.4 is 10.6 Å². The molecule has 12 heteroatoms. The number of hydrogen-bond acceptors (Lipinski definition) is 7. The van der Waals surface area contributed by atoms with Crippen molar-refractivity contribution in [2.45, 2.75) is 24.6 Å². The molecule has 4 rings (SSSR count). The lowest BCUT2D eigenvalue weighted by atomic mass is 10.2. The third-order valence-electron chi connectivity index (χ3n) is 4.59. The topological polar surface area (TPSA) is 132 Å². The van der Waals surface area contributed by atoms with Crippen LogP contribution in [0.1, 0.15) is 27.4 Å². The molecule has 1 aromatic carbocycles. The molecule has 160 valence electrons. The molecule has 3 aromatic rings. The second-order valence-electron chi connectivity index (χ2n) is 6.66. The van der Waals surface area contributed by atoms with E-state index in [1.54, 1.807) is 23.9 Å². The first kappa shape index (κ1) is 20.9. The number of rotatable bonds is 7. The van der Waals surface area contributed by atoms with E-state index < -0.39 is 10.8 Å². The SMILES string of the molecule is O=C(Cn1nc2c(c1NC(=O)c1cc([N+](=O)[O-])ccc1Cl)CSC2)NCc1ccco1. The molecule has 1 aliphatic heterocycles. The molecule has 10 nitrogen and oxygen atoms in total. The van der Waals surface area contributed by atoms with E-state index in [-0.39, 0.29) is 35.3 Å². The van der Waals surface area contributed by atoms with Gasteiger partial charge in [-0.15, -0.1) is 0 Å². The standard InChI is InChI=1S/C19H16ClN5O5S/c20-15-4-3-11(25(28)29)6-13(15)19(27)22-18-14-9-31-10-16(14)23-24(18)8-17(26)21-7-12-2-1-5-30-12/h1-6H,7-10H2,(H,21,26)(H,22,27). The number of anilines is 1. The summed E-state index contributed by atoms with van der Waals surface area (Å²) in [6.07, 6.45) is 1.52. The van der Waals surface area contributed by atoms with E-state index in [1.165, 1.54) is 23.1 Å². The Labute approximate surface area is 185 Å². The molecule has 0 radical (unpaired) electrons. The van der Waals surface area contributed by atoms with Crippen molar-refractivity contribution >= 4 is 46.7 Å². The van der Waals surface area contributed by atoms with Crippen molar-refractivity contribution < 1.29 is 18.9 Å². The van der Waals surface area contributed by atoms with Crippen molar-refractivity contribution in [1.82, 2.24) is 15.1 Å². The first-order valence-electron chi connectivity index (χ1n) is 9.13. The lowest BCUT2D eigenvalue weighted by molar-refractivity contribution is -0.384. The van der Waals surface area contributed by atoms with Gasteiger partial charge in [0.25, 0.3) is 11.6 Å². The predicted octanol–water partition coefficient (Wildman–Crippen LogP) is 3.35. The van der Waals surface area contributed by atoms with E-state index >= 15 is 0 Å². The van der Waals surface area contributed by atoms with Gasteiger partial charge in [0.15, 0.2) is 0 Å². The summed E-state index contributed by atoms with van der Waals surface area (Å²) in [5, 5.41) is 21.0. The van der Waals surface area contributed by atoms with Crippen molar-refractivity contribution in [1.29, 1.82) is 0 Å². The Morgan fingerprint density at radius 2 is 2.16 bits per heavy atom. The Morgan fingerprint density at radius 3 is 2.90 bits per heavy atom. The Hall–Kier alpha value is -3.31. The van der Waals surface area contributed by atoms with Gasteiger partial charge in [0, 0.05) is 29.2 Å². The van der Waals surface area contributed by atoms with Crippen LogP contribution in [-0.4, -0.2) is 26.5 Å². The summed E-state index contributed by atoms with van der Waals surface area (Å²) in [6, 6.07) is 7.11. The minimum Gasteiger partial charge on any atom is -0.467 e. The third kappa shape index (κ3) is 4.57. The molecule has 0 unspecified atom stereocenters. The molecular weight excluding hydrogens is 446 g/mol. The fourth-order valence-electron chi connectivity index (χ4n) is 3.09. The number of carbonyl (C=O) groups is 2. The summed E-state index contributed by atoms with van der Waals surface area (Å²) in [4.78, 5) is 35.7. The summed E-state index contributed by atoms with van der Waals surface area (Å²) >= 11 is 7.72. The number of benzene rings is 1. The highest BCUT2D eigenvalue weighted by Crippen LogP contribution is 2.35. The van der Waals surface area contributed by atoms with Crippen molar-refractivity contribution in [3.8, 4) is 0 Å². The molecule has 2 N–H and O–H groups in total. The van der Waals surface area contributed by atoms with Gasteiger partial charge in [-0.1, -0.05) is 11.6 Å². The maximum atomic E-state index is 12.8. The number of halogens is 1. The van der Waals surface area contributed by atoms with Gasteiger partial charge in [-0.25, -0.2) is 4.68 Å². The van der Waals surface area contributed by atoms with Crippen LogP contribution in [0.25, 0.3) is 0 Å². The number of nitrogens with zero attached hydrogens (tertiary/aromatic N) is 3. The summed E-state index contributed by atoms with van der Waals surface area (Å²) < 4.78 is 6.61. The van der Waals surface area contributed by atoms with E-state index in [0.717, 1.165) is 17.3 Å². The van der Waals surface area contributed by atoms with Crippen molar-refractivity contribution in [2.24, 2.45) is 0 Å². The summed E-state index contributed by atoms with van der Waals surface area (Å²) in [6.45, 7) is 0.115. The van der Waals surface area contributed by atoms with E-state index in [9.17, 15) is 19.7 Å². The molecular formula is C19H16ClN5O5S. The maximum Gasteiger partial charge on any atom is 0.270 e. The fraction of sp³-hybridized carbons (Fsp3) is 0.211. The highest BCUT2D eigenvalue weighted by molar-refractivity contribution is 7.98. The largest absolute Gasteiger partial charge is 0.467 e. The van der Waals surface area contributed by atoms with Gasteiger partial charge in [-0.05, 0) is 18.2 Å². The average molecular weight is 462 g/mol. The minimum absolute atomic E-state index is 0.0368. The molecule has 3 heterocycles. The Balaban J connectivity index is 1.54. The van der Waals surface area contributed by atoms with Gasteiger partial charge in [0.05, 0.1) is 34.0 Å². The number of aromatic nitrogens is 2. The van der Waals surface area contributed by atoms with Gasteiger partial charge >= 0.3 is 0 Å². The van der Waals surface area contributed by atoms with E-state index in [4.69, 9.17) is 16.0 Å². The minimum atomic E-state index is -0.620. The number of furan rings is 1. The van der Waals surface area contributed by atoms with E-state index in [1.807, 2.05) is 0 Å². The molecule has 2 aromatic heterocycles. The number of non-ortho nitro benzene ring substituents is 1. The molecule has 0 fully saturated rings. The number of amides is 2. The predicted molar refractivity (Wildman–Crippen MR) is 114 cm³/mol. The average Bonchev–Trinajstić information content (AvgIpc) is 3.46. The second kappa shape index (κ2) is 8.82. The number of hydrogen-bond donors (Lipinski definition) is 2. The van der Waals surface area contributed by atoms with Crippen LogP contribution in [0.3, 0.4) is 0 Å². The normalized spacial score (nSPS) is 12.4. The lowest BCUT2D eigenvalue weighted by Gasteiger charge is -2.12. The molecule has 2 amide bonds. The maximum absolute atomic E-state index is 12.8. The van der Waals surface area contributed by atoms with E-state index in [0.29, 0.717) is 23.1 Å². The zero-order valence-electron chi connectivity index (χ0n) is 16.0. The van der Waals surface area contributed by atoms with Crippen LogP contribution in [-0.2, 0) is 29.4 Å². The summed E-state index contributed by atoms with van der Waals surface area (Å²) in [5.41, 5.74) is 1.31.